The lowest BCUT2D eigenvalue weighted by atomic mass is 10.1. The molecular formula is C38H31N5O5S. The number of carbonyl (C=O) groups is 3. The minimum atomic E-state index is -0.595. The van der Waals surface area contributed by atoms with Gasteiger partial charge in [-0.1, -0.05) is 42.5 Å². The standard InChI is InChI=1S/C38H31N5O5S/c1-2-42-34-14-7-6-13-31(34)32-23-28(17-20-35(32)42)39-36(44)24-49-30-12-8-11-27(22-30)40-38(46)33(41-37(45)26-9-4-3-5-10-26)21-25-15-18-29(19-16-25)43(47)48/h3-23H,2,24H2,1H3,(H,39,44)(H,40,46)(H,41,45)/b33-21+. The summed E-state index contributed by atoms with van der Waals surface area (Å²) in [5.41, 5.74) is 4.11. The summed E-state index contributed by atoms with van der Waals surface area (Å²) in [7, 11) is 0. The van der Waals surface area contributed by atoms with Crippen LogP contribution in [0.25, 0.3) is 27.9 Å². The summed E-state index contributed by atoms with van der Waals surface area (Å²) < 4.78 is 2.25. The number of nitro groups is 1. The molecule has 49 heavy (non-hydrogen) atoms. The molecule has 0 atom stereocenters. The number of anilines is 2. The van der Waals surface area contributed by atoms with Crippen molar-refractivity contribution in [1.29, 1.82) is 0 Å². The fourth-order valence-electron chi connectivity index (χ4n) is 5.48. The van der Waals surface area contributed by atoms with Gasteiger partial charge in [-0.2, -0.15) is 0 Å². The lowest BCUT2D eigenvalue weighted by molar-refractivity contribution is -0.384. The summed E-state index contributed by atoms with van der Waals surface area (Å²) in [5, 5.41) is 21.8. The van der Waals surface area contributed by atoms with Gasteiger partial charge in [-0.15, -0.1) is 11.8 Å². The van der Waals surface area contributed by atoms with E-state index in [4.69, 9.17) is 0 Å². The Morgan fingerprint density at radius 2 is 1.49 bits per heavy atom. The van der Waals surface area contributed by atoms with Crippen LogP contribution in [0.5, 0.6) is 0 Å². The van der Waals surface area contributed by atoms with Crippen molar-refractivity contribution >= 4 is 74.4 Å². The molecule has 0 unspecified atom stereocenters. The molecule has 0 aliphatic heterocycles. The summed E-state index contributed by atoms with van der Waals surface area (Å²) in [6.45, 7) is 2.95. The average molecular weight is 670 g/mol. The molecule has 1 aromatic heterocycles. The van der Waals surface area contributed by atoms with Crippen LogP contribution in [-0.4, -0.2) is 33.0 Å². The number of nitro benzene ring substituents is 1. The smallest absolute Gasteiger partial charge is 0.272 e. The second-order valence-corrected chi connectivity index (χ2v) is 12.1. The van der Waals surface area contributed by atoms with Gasteiger partial charge in [0, 0.05) is 62.3 Å². The number of rotatable bonds is 11. The molecule has 0 saturated carbocycles. The van der Waals surface area contributed by atoms with Gasteiger partial charge in [-0.3, -0.25) is 24.5 Å². The van der Waals surface area contributed by atoms with E-state index >= 15 is 0 Å². The quantitative estimate of drug-likeness (QED) is 0.0556. The number of hydrogen-bond acceptors (Lipinski definition) is 6. The van der Waals surface area contributed by atoms with Crippen molar-refractivity contribution in [3.63, 3.8) is 0 Å². The number of aryl methyl sites for hydroxylation is 1. The predicted molar refractivity (Wildman–Crippen MR) is 195 cm³/mol. The average Bonchev–Trinajstić information content (AvgIpc) is 3.44. The SMILES string of the molecule is CCn1c2ccccc2c2cc(NC(=O)CSc3cccc(NC(=O)/C(=C\c4ccc([N+](=O)[O-])cc4)NC(=O)c4ccccc4)c3)ccc21. The molecule has 0 aliphatic rings. The van der Waals surface area contributed by atoms with Gasteiger partial charge in [0.25, 0.3) is 17.5 Å². The summed E-state index contributed by atoms with van der Waals surface area (Å²) in [6, 6.07) is 35.3. The third kappa shape index (κ3) is 7.69. The molecule has 10 nitrogen and oxygen atoms in total. The van der Waals surface area contributed by atoms with E-state index in [2.05, 4.69) is 39.6 Å². The summed E-state index contributed by atoms with van der Waals surface area (Å²) >= 11 is 1.32. The van der Waals surface area contributed by atoms with Gasteiger partial charge in [0.1, 0.15) is 5.70 Å². The topological polar surface area (TPSA) is 135 Å². The normalized spacial score (nSPS) is 11.3. The van der Waals surface area contributed by atoms with Gasteiger partial charge in [0.2, 0.25) is 5.91 Å². The van der Waals surface area contributed by atoms with E-state index in [1.54, 1.807) is 48.5 Å². The molecule has 3 N–H and O–H groups in total. The molecule has 3 amide bonds. The second-order valence-electron chi connectivity index (χ2n) is 11.0. The van der Waals surface area contributed by atoms with Gasteiger partial charge in [0.05, 0.1) is 10.7 Å². The number of carbonyl (C=O) groups excluding carboxylic acids is 3. The second kappa shape index (κ2) is 14.7. The minimum absolute atomic E-state index is 0.0563. The molecule has 11 heteroatoms. The summed E-state index contributed by atoms with van der Waals surface area (Å²) in [6.07, 6.45) is 1.44. The number of non-ortho nitro benzene ring substituents is 1. The number of aromatic nitrogens is 1. The van der Waals surface area contributed by atoms with E-state index in [0.29, 0.717) is 22.5 Å². The van der Waals surface area contributed by atoms with Crippen molar-refractivity contribution in [2.24, 2.45) is 0 Å². The Balaban J connectivity index is 1.13. The van der Waals surface area contributed by atoms with Crippen LogP contribution in [0.3, 0.4) is 0 Å². The van der Waals surface area contributed by atoms with Crippen LogP contribution in [0.15, 0.2) is 132 Å². The maximum atomic E-state index is 13.5. The van der Waals surface area contributed by atoms with Crippen molar-refractivity contribution < 1.29 is 19.3 Å². The van der Waals surface area contributed by atoms with E-state index in [1.165, 1.54) is 42.1 Å². The van der Waals surface area contributed by atoms with Crippen LogP contribution in [-0.2, 0) is 16.1 Å². The first-order chi connectivity index (χ1) is 23.8. The molecule has 0 bridgehead atoms. The third-order valence-corrected chi connectivity index (χ3v) is 8.77. The Bertz CT molecular complexity index is 2230. The Morgan fingerprint density at radius 1 is 0.776 bits per heavy atom. The van der Waals surface area contributed by atoms with Crippen molar-refractivity contribution in [3.8, 4) is 0 Å². The lowest BCUT2D eigenvalue weighted by Gasteiger charge is -2.12. The Labute approximate surface area is 286 Å². The van der Waals surface area contributed by atoms with Gasteiger partial charge < -0.3 is 20.5 Å². The van der Waals surface area contributed by atoms with Crippen LogP contribution in [0.2, 0.25) is 0 Å². The van der Waals surface area contributed by atoms with Gasteiger partial charge in [0.15, 0.2) is 0 Å². The maximum Gasteiger partial charge on any atom is 0.272 e. The number of fused-ring (bicyclic) bond motifs is 3. The summed E-state index contributed by atoms with van der Waals surface area (Å²) in [5.74, 6) is -1.11. The zero-order valence-electron chi connectivity index (χ0n) is 26.4. The van der Waals surface area contributed by atoms with Gasteiger partial charge >= 0.3 is 0 Å². The lowest BCUT2D eigenvalue weighted by Crippen LogP contribution is -2.30. The first-order valence-electron chi connectivity index (χ1n) is 15.5. The highest BCUT2D eigenvalue weighted by molar-refractivity contribution is 8.00. The van der Waals surface area contributed by atoms with Crippen LogP contribution in [0.4, 0.5) is 17.1 Å². The Kier molecular flexibility index (Phi) is 9.82. The largest absolute Gasteiger partial charge is 0.341 e. The van der Waals surface area contributed by atoms with Crippen LogP contribution >= 0.6 is 11.8 Å². The van der Waals surface area contributed by atoms with Crippen LogP contribution in [0, 0.1) is 10.1 Å². The highest BCUT2D eigenvalue weighted by Gasteiger charge is 2.16. The minimum Gasteiger partial charge on any atom is -0.341 e. The molecule has 6 rings (SSSR count). The van der Waals surface area contributed by atoms with Crippen molar-refractivity contribution in [2.45, 2.75) is 18.4 Å². The zero-order valence-corrected chi connectivity index (χ0v) is 27.2. The molecule has 0 spiro atoms. The molecule has 0 saturated heterocycles. The number of hydrogen-bond donors (Lipinski definition) is 3. The Morgan fingerprint density at radius 3 is 2.24 bits per heavy atom. The highest BCUT2D eigenvalue weighted by atomic mass is 32.2. The first-order valence-corrected chi connectivity index (χ1v) is 16.4. The summed E-state index contributed by atoms with van der Waals surface area (Å²) in [4.78, 5) is 50.7. The van der Waals surface area contributed by atoms with E-state index < -0.39 is 16.7 Å². The number of amides is 3. The van der Waals surface area contributed by atoms with Gasteiger partial charge in [-0.25, -0.2) is 0 Å². The predicted octanol–water partition coefficient (Wildman–Crippen LogP) is 7.86. The van der Waals surface area contributed by atoms with E-state index in [1.807, 2.05) is 36.4 Å². The van der Waals surface area contributed by atoms with Crippen molar-refractivity contribution in [1.82, 2.24) is 9.88 Å². The molecule has 1 heterocycles. The van der Waals surface area contributed by atoms with Crippen LogP contribution in [0.1, 0.15) is 22.8 Å². The number of nitrogens with one attached hydrogen (secondary N) is 3. The third-order valence-electron chi connectivity index (χ3n) is 7.78. The fraction of sp³-hybridized carbons (Fsp3) is 0.0789. The molecule has 0 fully saturated rings. The molecule has 6 aromatic rings. The fourth-order valence-corrected chi connectivity index (χ4v) is 6.24. The van der Waals surface area contributed by atoms with E-state index in [0.717, 1.165) is 33.2 Å². The van der Waals surface area contributed by atoms with Crippen LogP contribution < -0.4 is 16.0 Å². The Hall–Kier alpha value is -6.20. The monoisotopic (exact) mass is 669 g/mol. The van der Waals surface area contributed by atoms with E-state index in [-0.39, 0.29) is 23.0 Å². The number of para-hydroxylation sites is 1. The van der Waals surface area contributed by atoms with Gasteiger partial charge in [-0.05, 0) is 85.3 Å². The number of nitrogens with zero attached hydrogens (tertiary/aromatic N) is 2. The van der Waals surface area contributed by atoms with Crippen molar-refractivity contribution in [3.05, 3.63) is 148 Å². The van der Waals surface area contributed by atoms with Crippen molar-refractivity contribution in [2.75, 3.05) is 16.4 Å². The molecule has 0 aliphatic carbocycles. The van der Waals surface area contributed by atoms with E-state index in [9.17, 15) is 24.5 Å². The molecule has 244 valence electrons. The molecular weight excluding hydrogens is 639 g/mol. The number of thioether (sulfide) groups is 1. The molecule has 0 radical (unpaired) electrons. The molecule has 5 aromatic carbocycles. The first kappa shape index (κ1) is 32.7. The zero-order chi connectivity index (χ0) is 34.3. The maximum absolute atomic E-state index is 13.5. The number of benzene rings is 5. The highest BCUT2D eigenvalue weighted by Crippen LogP contribution is 2.31.